The number of hydrogen-bond acceptors (Lipinski definition) is 2. The lowest BCUT2D eigenvalue weighted by atomic mass is 10.0. The summed E-state index contributed by atoms with van der Waals surface area (Å²) in [6.07, 6.45) is 0.937. The van der Waals surface area contributed by atoms with Gasteiger partial charge in [0.15, 0.2) is 0 Å². The van der Waals surface area contributed by atoms with Gasteiger partial charge >= 0.3 is 0 Å². The summed E-state index contributed by atoms with van der Waals surface area (Å²) in [6.45, 7) is 8.21. The van der Waals surface area contributed by atoms with Gasteiger partial charge in [0, 0.05) is 27.8 Å². The van der Waals surface area contributed by atoms with Crippen molar-refractivity contribution in [2.75, 3.05) is 5.75 Å². The Morgan fingerprint density at radius 2 is 2.00 bits per heavy atom. The van der Waals surface area contributed by atoms with E-state index in [1.54, 1.807) is 0 Å². The summed E-state index contributed by atoms with van der Waals surface area (Å²) in [5, 5.41) is 0.229. The van der Waals surface area contributed by atoms with E-state index in [0.29, 0.717) is 5.75 Å². The second-order valence-corrected chi connectivity index (χ2v) is 6.63. The summed E-state index contributed by atoms with van der Waals surface area (Å²) >= 11 is 0. The lowest BCUT2D eigenvalue weighted by Gasteiger charge is -2.17. The van der Waals surface area contributed by atoms with E-state index in [4.69, 9.17) is 5.73 Å². The summed E-state index contributed by atoms with van der Waals surface area (Å²) in [6, 6.07) is 6.13. The van der Waals surface area contributed by atoms with E-state index in [1.165, 1.54) is 11.1 Å². The quantitative estimate of drug-likeness (QED) is 0.877. The Hall–Kier alpha value is -0.670. The van der Waals surface area contributed by atoms with Crippen molar-refractivity contribution in [1.82, 2.24) is 0 Å². The largest absolute Gasteiger partial charge is 0.323 e. The molecule has 0 aliphatic carbocycles. The maximum absolute atomic E-state index is 12.0. The molecule has 1 aromatic carbocycles. The van der Waals surface area contributed by atoms with Crippen molar-refractivity contribution in [3.05, 3.63) is 34.9 Å². The van der Waals surface area contributed by atoms with Crippen LogP contribution in [0.15, 0.2) is 18.2 Å². The molecule has 17 heavy (non-hydrogen) atoms. The molecule has 0 saturated carbocycles. The van der Waals surface area contributed by atoms with Crippen LogP contribution in [0.5, 0.6) is 0 Å². The first-order chi connectivity index (χ1) is 7.95. The van der Waals surface area contributed by atoms with Crippen LogP contribution in [0.25, 0.3) is 0 Å². The fourth-order valence-electron chi connectivity index (χ4n) is 1.86. The highest BCUT2D eigenvalue weighted by molar-refractivity contribution is 7.85. The molecular formula is C14H23NOS. The minimum absolute atomic E-state index is 0.120. The molecule has 3 unspecified atom stereocenters. The molecular weight excluding hydrogens is 230 g/mol. The number of hydrogen-bond donors (Lipinski definition) is 1. The van der Waals surface area contributed by atoms with Gasteiger partial charge in [0.05, 0.1) is 0 Å². The van der Waals surface area contributed by atoms with Crippen LogP contribution in [0.4, 0.5) is 0 Å². The molecule has 96 valence electrons. The maximum atomic E-state index is 12.0. The molecule has 0 fully saturated rings. The van der Waals surface area contributed by atoms with E-state index in [0.717, 1.165) is 12.0 Å². The van der Waals surface area contributed by atoms with Gasteiger partial charge in [0.1, 0.15) is 0 Å². The van der Waals surface area contributed by atoms with Crippen LogP contribution in [-0.4, -0.2) is 15.2 Å². The molecule has 3 heteroatoms. The second kappa shape index (κ2) is 6.31. The predicted molar refractivity (Wildman–Crippen MR) is 75.6 cm³/mol. The summed E-state index contributed by atoms with van der Waals surface area (Å²) in [4.78, 5) is 0. The fourth-order valence-corrected chi connectivity index (χ4v) is 3.09. The van der Waals surface area contributed by atoms with Gasteiger partial charge in [0.2, 0.25) is 0 Å². The van der Waals surface area contributed by atoms with Crippen LogP contribution in [-0.2, 0) is 10.8 Å². The molecule has 0 radical (unpaired) electrons. The summed E-state index contributed by atoms with van der Waals surface area (Å²) in [5.74, 6) is 0.554. The predicted octanol–water partition coefficient (Wildman–Crippen LogP) is 2.85. The first-order valence-corrected chi connectivity index (χ1v) is 7.53. The topological polar surface area (TPSA) is 43.1 Å². The van der Waals surface area contributed by atoms with Gasteiger partial charge in [-0.2, -0.15) is 0 Å². The first kappa shape index (κ1) is 14.4. The van der Waals surface area contributed by atoms with Crippen LogP contribution in [0.3, 0.4) is 0 Å². The Kier molecular flexibility index (Phi) is 5.34. The van der Waals surface area contributed by atoms with Crippen molar-refractivity contribution in [3.8, 4) is 0 Å². The van der Waals surface area contributed by atoms with Gasteiger partial charge in [0.25, 0.3) is 0 Å². The number of aryl methyl sites for hydroxylation is 2. The summed E-state index contributed by atoms with van der Waals surface area (Å²) < 4.78 is 12.0. The average Bonchev–Trinajstić information content (AvgIpc) is 2.27. The third kappa shape index (κ3) is 3.93. The molecule has 0 amide bonds. The SMILES string of the molecule is CCC(C)S(=O)CC(N)c1ccc(C)cc1C. The molecule has 2 nitrogen and oxygen atoms in total. The van der Waals surface area contributed by atoms with E-state index in [1.807, 2.05) is 6.92 Å². The van der Waals surface area contributed by atoms with Gasteiger partial charge in [-0.15, -0.1) is 0 Å². The van der Waals surface area contributed by atoms with Crippen LogP contribution < -0.4 is 5.73 Å². The Morgan fingerprint density at radius 3 is 2.53 bits per heavy atom. The van der Waals surface area contributed by atoms with Crippen molar-refractivity contribution in [3.63, 3.8) is 0 Å². The Morgan fingerprint density at radius 1 is 1.35 bits per heavy atom. The van der Waals surface area contributed by atoms with Gasteiger partial charge in [-0.3, -0.25) is 4.21 Å². The van der Waals surface area contributed by atoms with Crippen molar-refractivity contribution < 1.29 is 4.21 Å². The molecule has 0 aliphatic heterocycles. The van der Waals surface area contributed by atoms with Crippen LogP contribution in [0.1, 0.15) is 43.0 Å². The molecule has 0 aromatic heterocycles. The summed E-state index contributed by atoms with van der Waals surface area (Å²) in [5.41, 5.74) is 9.69. The first-order valence-electron chi connectivity index (χ1n) is 6.15. The zero-order chi connectivity index (χ0) is 13.0. The van der Waals surface area contributed by atoms with E-state index in [2.05, 4.69) is 39.0 Å². The molecule has 0 bridgehead atoms. The van der Waals surface area contributed by atoms with Gasteiger partial charge < -0.3 is 5.73 Å². The van der Waals surface area contributed by atoms with E-state index < -0.39 is 10.8 Å². The highest BCUT2D eigenvalue weighted by atomic mass is 32.2. The fraction of sp³-hybridized carbons (Fsp3) is 0.571. The normalized spacial score (nSPS) is 16.5. The zero-order valence-electron chi connectivity index (χ0n) is 11.2. The van der Waals surface area contributed by atoms with Crippen molar-refractivity contribution in [1.29, 1.82) is 0 Å². The van der Waals surface area contributed by atoms with Gasteiger partial charge in [-0.25, -0.2) is 0 Å². The van der Waals surface area contributed by atoms with Crippen molar-refractivity contribution in [2.45, 2.75) is 45.4 Å². The number of rotatable bonds is 5. The Labute approximate surface area is 107 Å². The monoisotopic (exact) mass is 253 g/mol. The standard InChI is InChI=1S/C14H23NOS/c1-5-12(4)17(16)9-14(15)13-7-6-10(2)8-11(13)3/h6-8,12,14H,5,9,15H2,1-4H3. The smallest absolute Gasteiger partial charge is 0.0431 e. The molecule has 0 spiro atoms. The molecule has 2 N–H and O–H groups in total. The molecule has 0 aliphatic rings. The van der Waals surface area contributed by atoms with Crippen LogP contribution in [0, 0.1) is 13.8 Å². The summed E-state index contributed by atoms with van der Waals surface area (Å²) in [7, 11) is -0.834. The Bertz CT molecular complexity index is 403. The molecule has 1 aromatic rings. The van der Waals surface area contributed by atoms with Gasteiger partial charge in [-0.1, -0.05) is 37.6 Å². The van der Waals surface area contributed by atoms with Crippen LogP contribution >= 0.6 is 0 Å². The molecule has 0 saturated heterocycles. The lowest BCUT2D eigenvalue weighted by Crippen LogP contribution is -2.24. The van der Waals surface area contributed by atoms with E-state index in [9.17, 15) is 4.21 Å². The molecule has 0 heterocycles. The van der Waals surface area contributed by atoms with Crippen LogP contribution in [0.2, 0.25) is 0 Å². The van der Waals surface area contributed by atoms with E-state index >= 15 is 0 Å². The highest BCUT2D eigenvalue weighted by Gasteiger charge is 2.16. The lowest BCUT2D eigenvalue weighted by molar-refractivity contribution is 0.661. The molecule has 1 rings (SSSR count). The minimum atomic E-state index is -0.834. The maximum Gasteiger partial charge on any atom is 0.0431 e. The number of nitrogens with two attached hydrogens (primary N) is 1. The Balaban J connectivity index is 2.76. The number of benzene rings is 1. The van der Waals surface area contributed by atoms with Crippen molar-refractivity contribution in [2.24, 2.45) is 5.73 Å². The van der Waals surface area contributed by atoms with Gasteiger partial charge in [-0.05, 0) is 31.4 Å². The third-order valence-corrected chi connectivity index (χ3v) is 5.11. The second-order valence-electron chi connectivity index (χ2n) is 4.73. The zero-order valence-corrected chi connectivity index (χ0v) is 12.0. The highest BCUT2D eigenvalue weighted by Crippen LogP contribution is 2.19. The third-order valence-electron chi connectivity index (χ3n) is 3.19. The van der Waals surface area contributed by atoms with E-state index in [-0.39, 0.29) is 11.3 Å². The minimum Gasteiger partial charge on any atom is -0.323 e. The average molecular weight is 253 g/mol. The van der Waals surface area contributed by atoms with Crippen molar-refractivity contribution >= 4 is 10.8 Å². The molecule has 3 atom stereocenters.